The second kappa shape index (κ2) is 5.07. The van der Waals surface area contributed by atoms with Crippen molar-refractivity contribution in [3.8, 4) is 0 Å². The molecule has 0 atom stereocenters. The van der Waals surface area contributed by atoms with Crippen LogP contribution >= 0.6 is 0 Å². The number of carbonyl (C=O) groups excluding carboxylic acids is 1. The standard InChI is InChI=1S/C13H19BN2O4/c1-12(2,3)20-11(17)16-13(6-7-13)9-4-5-10(14(18)19)15-8-9/h4-5,8,18-19H,6-7H2,1-3H3,(H,16,17). The van der Waals surface area contributed by atoms with Crippen LogP contribution in [0.25, 0.3) is 0 Å². The van der Waals surface area contributed by atoms with Gasteiger partial charge in [0, 0.05) is 6.20 Å². The lowest BCUT2D eigenvalue weighted by Gasteiger charge is -2.23. The minimum Gasteiger partial charge on any atom is -0.444 e. The number of alkyl carbamates (subject to hydrolysis) is 1. The van der Waals surface area contributed by atoms with Crippen LogP contribution in [0, 0.1) is 0 Å². The monoisotopic (exact) mass is 278 g/mol. The van der Waals surface area contributed by atoms with Gasteiger partial charge in [-0.25, -0.2) is 4.79 Å². The number of ether oxygens (including phenoxy) is 1. The molecule has 7 heteroatoms. The third-order valence-corrected chi connectivity index (χ3v) is 3.09. The van der Waals surface area contributed by atoms with Crippen LogP contribution in [0.15, 0.2) is 18.3 Å². The number of nitrogens with one attached hydrogen (secondary N) is 1. The molecule has 1 heterocycles. The highest BCUT2D eigenvalue weighted by Crippen LogP contribution is 2.45. The van der Waals surface area contributed by atoms with Crippen LogP contribution in [-0.2, 0) is 10.3 Å². The van der Waals surface area contributed by atoms with Gasteiger partial charge in [-0.3, -0.25) is 4.98 Å². The molecule has 2 rings (SSSR count). The van der Waals surface area contributed by atoms with Crippen LogP contribution in [0.4, 0.5) is 4.79 Å². The lowest BCUT2D eigenvalue weighted by molar-refractivity contribution is 0.0495. The Hall–Kier alpha value is -1.60. The first-order chi connectivity index (χ1) is 9.22. The zero-order chi connectivity index (χ0) is 15.0. The highest BCUT2D eigenvalue weighted by molar-refractivity contribution is 6.57. The summed E-state index contributed by atoms with van der Waals surface area (Å²) >= 11 is 0. The van der Waals surface area contributed by atoms with Gasteiger partial charge in [0.2, 0.25) is 0 Å². The van der Waals surface area contributed by atoms with Crippen molar-refractivity contribution in [3.05, 3.63) is 23.9 Å². The summed E-state index contributed by atoms with van der Waals surface area (Å²) in [5.41, 5.74) is 0.0481. The molecular formula is C13H19BN2O4. The number of aromatic nitrogens is 1. The van der Waals surface area contributed by atoms with Crippen LogP contribution in [-0.4, -0.2) is 33.8 Å². The summed E-state index contributed by atoms with van der Waals surface area (Å²) in [5.74, 6) is 0. The highest BCUT2D eigenvalue weighted by atomic mass is 16.6. The molecule has 1 saturated carbocycles. The Labute approximate surface area is 118 Å². The summed E-state index contributed by atoms with van der Waals surface area (Å²) in [6.07, 6.45) is 2.73. The fourth-order valence-corrected chi connectivity index (χ4v) is 1.95. The summed E-state index contributed by atoms with van der Waals surface area (Å²) in [6, 6.07) is 3.28. The van der Waals surface area contributed by atoms with Crippen LogP contribution in [0.2, 0.25) is 0 Å². The van der Waals surface area contributed by atoms with Gasteiger partial charge in [-0.05, 0) is 45.2 Å². The summed E-state index contributed by atoms with van der Waals surface area (Å²) < 4.78 is 5.25. The Balaban J connectivity index is 2.06. The third kappa shape index (κ3) is 3.49. The van der Waals surface area contributed by atoms with E-state index in [1.54, 1.807) is 12.3 Å². The van der Waals surface area contributed by atoms with Crippen LogP contribution in [0.5, 0.6) is 0 Å². The van der Waals surface area contributed by atoms with Crippen LogP contribution in [0.3, 0.4) is 0 Å². The molecule has 20 heavy (non-hydrogen) atoms. The first-order valence-corrected chi connectivity index (χ1v) is 6.56. The summed E-state index contributed by atoms with van der Waals surface area (Å²) in [6.45, 7) is 5.43. The maximum Gasteiger partial charge on any atom is 0.508 e. The van der Waals surface area contributed by atoms with E-state index in [0.29, 0.717) is 0 Å². The number of carbonyl (C=O) groups is 1. The van der Waals surface area contributed by atoms with Gasteiger partial charge in [0.05, 0.1) is 11.1 Å². The predicted octanol–water partition coefficient (Wildman–Crippen LogP) is 0.275. The Morgan fingerprint density at radius 1 is 1.40 bits per heavy atom. The molecule has 0 spiro atoms. The Kier molecular flexibility index (Phi) is 3.75. The van der Waals surface area contributed by atoms with Crippen molar-refractivity contribution >= 4 is 18.8 Å². The SMILES string of the molecule is CC(C)(C)OC(=O)NC1(c2ccc(B(O)O)nc2)CC1. The number of nitrogens with zero attached hydrogens (tertiary/aromatic N) is 1. The first-order valence-electron chi connectivity index (χ1n) is 6.56. The van der Waals surface area contributed by atoms with Gasteiger partial charge >= 0.3 is 13.2 Å². The van der Waals surface area contributed by atoms with Crippen LogP contribution in [0.1, 0.15) is 39.2 Å². The number of hydrogen-bond donors (Lipinski definition) is 3. The molecule has 0 aliphatic heterocycles. The van der Waals surface area contributed by atoms with Gasteiger partial charge < -0.3 is 20.1 Å². The van der Waals surface area contributed by atoms with Crippen molar-refractivity contribution in [1.82, 2.24) is 10.3 Å². The fraction of sp³-hybridized carbons (Fsp3) is 0.538. The molecule has 0 radical (unpaired) electrons. The van der Waals surface area contributed by atoms with Crippen molar-refractivity contribution in [1.29, 1.82) is 0 Å². The van der Waals surface area contributed by atoms with Crippen molar-refractivity contribution in [2.24, 2.45) is 0 Å². The van der Waals surface area contributed by atoms with Crippen LogP contribution < -0.4 is 10.9 Å². The molecule has 0 saturated heterocycles. The van der Waals surface area contributed by atoms with E-state index in [-0.39, 0.29) is 5.59 Å². The van der Waals surface area contributed by atoms with Crippen molar-refractivity contribution in [2.75, 3.05) is 0 Å². The quantitative estimate of drug-likeness (QED) is 0.690. The largest absolute Gasteiger partial charge is 0.508 e. The molecule has 1 fully saturated rings. The summed E-state index contributed by atoms with van der Waals surface area (Å²) in [5, 5.41) is 20.9. The van der Waals surface area contributed by atoms with E-state index >= 15 is 0 Å². The molecule has 0 unspecified atom stereocenters. The van der Waals surface area contributed by atoms with Gasteiger partial charge in [-0.2, -0.15) is 0 Å². The topological polar surface area (TPSA) is 91.7 Å². The normalized spacial score (nSPS) is 16.4. The number of pyridine rings is 1. The molecule has 0 bridgehead atoms. The molecule has 1 aromatic heterocycles. The van der Waals surface area contributed by atoms with E-state index in [2.05, 4.69) is 10.3 Å². The molecule has 3 N–H and O–H groups in total. The lowest BCUT2D eigenvalue weighted by Crippen LogP contribution is -2.40. The van der Waals surface area contributed by atoms with Gasteiger partial charge in [0.15, 0.2) is 0 Å². The van der Waals surface area contributed by atoms with E-state index in [1.165, 1.54) is 6.07 Å². The Bertz CT molecular complexity index is 492. The summed E-state index contributed by atoms with van der Waals surface area (Å²) in [7, 11) is -1.59. The Morgan fingerprint density at radius 2 is 2.05 bits per heavy atom. The second-order valence-electron chi connectivity index (χ2n) is 6.05. The lowest BCUT2D eigenvalue weighted by atomic mass is 9.85. The van der Waals surface area contributed by atoms with Gasteiger partial charge in [-0.15, -0.1) is 0 Å². The number of amides is 1. The van der Waals surface area contributed by atoms with Crippen molar-refractivity contribution < 1.29 is 19.6 Å². The molecule has 1 aliphatic rings. The molecule has 1 aromatic rings. The number of rotatable bonds is 3. The van der Waals surface area contributed by atoms with Crippen molar-refractivity contribution in [3.63, 3.8) is 0 Å². The minimum atomic E-state index is -1.59. The molecule has 0 aromatic carbocycles. The molecule has 1 aliphatic carbocycles. The fourth-order valence-electron chi connectivity index (χ4n) is 1.95. The van der Waals surface area contributed by atoms with E-state index in [1.807, 2.05) is 20.8 Å². The zero-order valence-corrected chi connectivity index (χ0v) is 11.9. The maximum atomic E-state index is 11.8. The number of hydrogen-bond acceptors (Lipinski definition) is 5. The van der Waals surface area contributed by atoms with E-state index in [4.69, 9.17) is 14.8 Å². The van der Waals surface area contributed by atoms with Crippen molar-refractivity contribution in [2.45, 2.75) is 44.8 Å². The zero-order valence-electron chi connectivity index (χ0n) is 11.9. The van der Waals surface area contributed by atoms with E-state index < -0.39 is 24.4 Å². The van der Waals surface area contributed by atoms with E-state index in [0.717, 1.165) is 18.4 Å². The van der Waals surface area contributed by atoms with Gasteiger partial charge in [0.1, 0.15) is 5.60 Å². The summed E-state index contributed by atoms with van der Waals surface area (Å²) in [4.78, 5) is 15.8. The smallest absolute Gasteiger partial charge is 0.444 e. The van der Waals surface area contributed by atoms with Gasteiger partial charge in [0.25, 0.3) is 0 Å². The van der Waals surface area contributed by atoms with Gasteiger partial charge in [-0.1, -0.05) is 6.07 Å². The first kappa shape index (κ1) is 14.8. The molecular weight excluding hydrogens is 259 g/mol. The second-order valence-corrected chi connectivity index (χ2v) is 6.05. The molecule has 6 nitrogen and oxygen atoms in total. The maximum absolute atomic E-state index is 11.8. The van der Waals surface area contributed by atoms with E-state index in [9.17, 15) is 4.79 Å². The minimum absolute atomic E-state index is 0.182. The molecule has 108 valence electrons. The Morgan fingerprint density at radius 3 is 2.45 bits per heavy atom. The molecule has 1 amide bonds. The predicted molar refractivity (Wildman–Crippen MR) is 74.3 cm³/mol. The average Bonchev–Trinajstić information content (AvgIpc) is 3.07. The third-order valence-electron chi connectivity index (χ3n) is 3.09. The average molecular weight is 278 g/mol. The highest BCUT2D eigenvalue weighted by Gasteiger charge is 2.46.